The maximum atomic E-state index is 12.9. The number of halogens is 1. The summed E-state index contributed by atoms with van der Waals surface area (Å²) in [6.07, 6.45) is 3.00. The fraction of sp³-hybridized carbons (Fsp3) is 0.500. The average Bonchev–Trinajstić information content (AvgIpc) is 2.35. The number of rotatable bonds is 9. The molecule has 4 nitrogen and oxygen atoms in total. The molecule has 0 bridgehead atoms. The van der Waals surface area contributed by atoms with E-state index in [0.29, 0.717) is 30.9 Å². The van der Waals surface area contributed by atoms with Crippen LogP contribution < -0.4 is 0 Å². The molecule has 0 aliphatic carbocycles. The Morgan fingerprint density at radius 3 is 2.53 bits per heavy atom. The van der Waals surface area contributed by atoms with Crippen molar-refractivity contribution >= 4 is 6.47 Å². The van der Waals surface area contributed by atoms with E-state index in [1.807, 2.05) is 11.9 Å². The molecule has 1 unspecified atom stereocenters. The molecule has 0 saturated heterocycles. The maximum absolute atomic E-state index is 12.9. The second-order valence-electron chi connectivity index (χ2n) is 4.23. The van der Waals surface area contributed by atoms with E-state index >= 15 is 0 Å². The predicted octanol–water partition coefficient (Wildman–Crippen LogP) is 2.44. The van der Waals surface area contributed by atoms with Crippen LogP contribution in [-0.4, -0.2) is 44.8 Å². The molecule has 0 N–H and O–H groups in total. The Morgan fingerprint density at radius 2 is 2.05 bits per heavy atom. The zero-order chi connectivity index (χ0) is 14.8. The Hall–Kier alpha value is -1.62. The first kappa shape index (κ1) is 17.4. The minimum absolute atomic E-state index is 0.228. The summed E-state index contributed by atoms with van der Waals surface area (Å²) in [4.78, 5) is 12.2. The van der Waals surface area contributed by atoms with Crippen LogP contribution in [0.1, 0.15) is 13.8 Å². The number of hydrogen-bond donors (Lipinski definition) is 0. The monoisotopic (exact) mass is 271 g/mol. The number of likely N-dealkylation sites (N-methyl/N-ethyl adjacent to an activating group) is 1. The van der Waals surface area contributed by atoms with Gasteiger partial charge in [0.2, 0.25) is 0 Å². The third kappa shape index (κ3) is 7.41. The van der Waals surface area contributed by atoms with Crippen molar-refractivity contribution < 1.29 is 18.7 Å². The fourth-order valence-electron chi connectivity index (χ4n) is 1.29. The van der Waals surface area contributed by atoms with E-state index in [1.54, 1.807) is 19.1 Å². The predicted molar refractivity (Wildman–Crippen MR) is 73.2 cm³/mol. The van der Waals surface area contributed by atoms with E-state index in [0.717, 1.165) is 0 Å². The van der Waals surface area contributed by atoms with E-state index in [2.05, 4.69) is 6.58 Å². The third-order valence-corrected chi connectivity index (χ3v) is 2.64. The van der Waals surface area contributed by atoms with Crippen LogP contribution in [-0.2, 0) is 14.3 Å². The molecule has 108 valence electrons. The molecule has 0 aromatic heterocycles. The molecule has 0 rings (SSSR count). The van der Waals surface area contributed by atoms with Crippen molar-refractivity contribution in [2.45, 2.75) is 20.0 Å². The molecule has 0 heterocycles. The van der Waals surface area contributed by atoms with Crippen LogP contribution in [0.2, 0.25) is 0 Å². The first-order valence-electron chi connectivity index (χ1n) is 5.91. The summed E-state index contributed by atoms with van der Waals surface area (Å²) in [5.41, 5.74) is 1.24. The lowest BCUT2D eigenvalue weighted by molar-refractivity contribution is -0.136. The van der Waals surface area contributed by atoms with Crippen LogP contribution in [0.15, 0.2) is 35.8 Å². The smallest absolute Gasteiger partial charge is 0.293 e. The van der Waals surface area contributed by atoms with Gasteiger partial charge in [-0.1, -0.05) is 12.7 Å². The molecule has 0 aliphatic heterocycles. The van der Waals surface area contributed by atoms with Crippen molar-refractivity contribution in [3.8, 4) is 0 Å². The summed E-state index contributed by atoms with van der Waals surface area (Å²) in [7, 11) is 3.35. The van der Waals surface area contributed by atoms with Crippen LogP contribution in [0.3, 0.4) is 0 Å². The van der Waals surface area contributed by atoms with Gasteiger partial charge in [0.1, 0.15) is 6.10 Å². The zero-order valence-corrected chi connectivity index (χ0v) is 12.0. The van der Waals surface area contributed by atoms with Gasteiger partial charge in [0.25, 0.3) is 6.47 Å². The van der Waals surface area contributed by atoms with Crippen molar-refractivity contribution in [3.05, 3.63) is 35.8 Å². The first-order valence-corrected chi connectivity index (χ1v) is 5.91. The molecule has 0 radical (unpaired) electrons. The van der Waals surface area contributed by atoms with E-state index in [-0.39, 0.29) is 11.9 Å². The maximum Gasteiger partial charge on any atom is 0.293 e. The molecule has 1 atom stereocenters. The number of nitrogens with zero attached hydrogens (tertiary/aromatic N) is 1. The normalized spacial score (nSPS) is 13.9. The van der Waals surface area contributed by atoms with Crippen LogP contribution in [0.5, 0.6) is 0 Å². The van der Waals surface area contributed by atoms with Crippen molar-refractivity contribution in [1.82, 2.24) is 4.90 Å². The van der Waals surface area contributed by atoms with Gasteiger partial charge in [-0.15, -0.1) is 0 Å². The van der Waals surface area contributed by atoms with Crippen molar-refractivity contribution in [1.29, 1.82) is 0 Å². The summed E-state index contributed by atoms with van der Waals surface area (Å²) in [6, 6.07) is 0. The molecule has 0 saturated carbocycles. The van der Waals surface area contributed by atoms with Gasteiger partial charge >= 0.3 is 0 Å². The van der Waals surface area contributed by atoms with Crippen LogP contribution in [0, 0.1) is 0 Å². The minimum Gasteiger partial charge on any atom is -0.460 e. The number of carbonyl (C=O) groups is 1. The molecule has 0 aliphatic rings. The summed E-state index contributed by atoms with van der Waals surface area (Å²) >= 11 is 0. The number of ether oxygens (including phenoxy) is 2. The topological polar surface area (TPSA) is 38.8 Å². The highest BCUT2D eigenvalue weighted by Gasteiger charge is 2.12. The summed E-state index contributed by atoms with van der Waals surface area (Å²) in [6.45, 7) is 8.11. The molecular formula is C14H22FNO3. The zero-order valence-electron chi connectivity index (χ0n) is 12.0. The number of carbonyl (C=O) groups excluding carboxylic acids is 1. The molecule has 0 aromatic rings. The highest BCUT2D eigenvalue weighted by atomic mass is 19.1. The van der Waals surface area contributed by atoms with Crippen molar-refractivity contribution in [2.24, 2.45) is 0 Å². The largest absolute Gasteiger partial charge is 0.460 e. The number of methoxy groups -OCH3 is 1. The van der Waals surface area contributed by atoms with Gasteiger partial charge in [-0.3, -0.25) is 4.79 Å². The fourth-order valence-corrected chi connectivity index (χ4v) is 1.29. The summed E-state index contributed by atoms with van der Waals surface area (Å²) in [5, 5.41) is 0. The van der Waals surface area contributed by atoms with Gasteiger partial charge in [-0.05, 0) is 25.5 Å². The van der Waals surface area contributed by atoms with E-state index in [4.69, 9.17) is 9.47 Å². The van der Waals surface area contributed by atoms with Crippen LogP contribution >= 0.6 is 0 Å². The average molecular weight is 271 g/mol. The second kappa shape index (κ2) is 9.33. The lowest BCUT2D eigenvalue weighted by Gasteiger charge is -2.24. The minimum atomic E-state index is -0.364. The molecule has 19 heavy (non-hydrogen) atoms. The van der Waals surface area contributed by atoms with Gasteiger partial charge in [0.15, 0.2) is 0 Å². The Morgan fingerprint density at radius 1 is 1.42 bits per heavy atom. The second-order valence-corrected chi connectivity index (χ2v) is 4.23. The van der Waals surface area contributed by atoms with Gasteiger partial charge < -0.3 is 14.4 Å². The molecule has 0 aromatic carbocycles. The lowest BCUT2D eigenvalue weighted by Crippen LogP contribution is -2.33. The van der Waals surface area contributed by atoms with Gasteiger partial charge in [0, 0.05) is 19.9 Å². The molecule has 5 heteroatoms. The Kier molecular flexibility index (Phi) is 8.53. The third-order valence-electron chi connectivity index (χ3n) is 2.64. The Labute approximate surface area is 114 Å². The van der Waals surface area contributed by atoms with Crippen LogP contribution in [0.25, 0.3) is 0 Å². The molecule has 0 amide bonds. The van der Waals surface area contributed by atoms with Gasteiger partial charge in [-0.2, -0.15) is 0 Å². The standard InChI is InChI=1S/C14H22FNO3/c1-11(13(3)15)6-7-12(2)16(4)8-14(9-18-5)19-10-17/h6-7,10,14H,2,8-9H2,1,3-5H3/b7-6-,13-11+. The first-order chi connectivity index (χ1) is 8.92. The van der Waals surface area contributed by atoms with Crippen molar-refractivity contribution in [3.63, 3.8) is 0 Å². The summed E-state index contributed by atoms with van der Waals surface area (Å²) in [5.74, 6) is -0.228. The highest BCUT2D eigenvalue weighted by molar-refractivity contribution is 5.37. The molecular weight excluding hydrogens is 249 g/mol. The molecule has 0 fully saturated rings. The van der Waals surface area contributed by atoms with Gasteiger partial charge in [0.05, 0.1) is 19.0 Å². The molecule has 0 spiro atoms. The van der Waals surface area contributed by atoms with Crippen LogP contribution in [0.4, 0.5) is 4.39 Å². The number of allylic oxidation sites excluding steroid dienone is 4. The van der Waals surface area contributed by atoms with Gasteiger partial charge in [-0.25, -0.2) is 4.39 Å². The number of hydrogen-bond acceptors (Lipinski definition) is 4. The quantitative estimate of drug-likeness (QED) is 0.477. The van der Waals surface area contributed by atoms with E-state index in [9.17, 15) is 9.18 Å². The van der Waals surface area contributed by atoms with Crippen molar-refractivity contribution in [2.75, 3.05) is 27.3 Å². The van der Waals surface area contributed by atoms with E-state index in [1.165, 1.54) is 14.0 Å². The Bertz CT molecular complexity index is 360. The summed E-state index contributed by atoms with van der Waals surface area (Å²) < 4.78 is 22.7. The van der Waals surface area contributed by atoms with E-state index < -0.39 is 0 Å². The Balaban J connectivity index is 4.47. The lowest BCUT2D eigenvalue weighted by atomic mass is 10.2. The SMILES string of the molecule is C=C(/C=C\C(C)=C(/C)F)N(C)CC(COC)OC=O. The highest BCUT2D eigenvalue weighted by Crippen LogP contribution is 2.09.